The Hall–Kier alpha value is -0.700. The molecule has 0 aliphatic rings. The predicted molar refractivity (Wildman–Crippen MR) is 59.5 cm³/mol. The average molecular weight is 244 g/mol. The largest absolute Gasteiger partial charge is 0.492 e. The first-order valence-corrected chi connectivity index (χ1v) is 5.23. The van der Waals surface area contributed by atoms with Crippen LogP contribution in [0, 0.1) is 0 Å². The number of benzene rings is 1. The average Bonchev–Trinajstić information content (AvgIpc) is 2.10. The van der Waals surface area contributed by atoms with E-state index in [1.807, 2.05) is 25.1 Å². The number of halogens is 1. The van der Waals surface area contributed by atoms with Gasteiger partial charge in [0.1, 0.15) is 5.75 Å². The normalized spacial score (nSPS) is 9.77. The van der Waals surface area contributed by atoms with Gasteiger partial charge in [-0.2, -0.15) is 0 Å². The molecule has 0 aromatic heterocycles. The zero-order chi connectivity index (χ0) is 9.68. The Bertz CT molecular complexity index is 276. The quantitative estimate of drug-likeness (QED) is 0.877. The van der Waals surface area contributed by atoms with Crippen molar-refractivity contribution < 1.29 is 4.74 Å². The van der Waals surface area contributed by atoms with Gasteiger partial charge in [0.2, 0.25) is 0 Å². The third-order valence-electron chi connectivity index (χ3n) is 1.61. The summed E-state index contributed by atoms with van der Waals surface area (Å²) in [6.45, 7) is 5.64. The molecule has 1 aromatic rings. The van der Waals surface area contributed by atoms with Gasteiger partial charge in [0.25, 0.3) is 0 Å². The number of nitrogens with one attached hydrogen (secondary N) is 1. The summed E-state index contributed by atoms with van der Waals surface area (Å²) in [7, 11) is 0. The second kappa shape index (κ2) is 5.12. The van der Waals surface area contributed by atoms with E-state index in [1.165, 1.54) is 0 Å². The highest BCUT2D eigenvalue weighted by atomic mass is 79.9. The molecule has 0 saturated carbocycles. The fourth-order valence-corrected chi connectivity index (χ4v) is 1.47. The van der Waals surface area contributed by atoms with E-state index in [-0.39, 0.29) is 0 Å². The lowest BCUT2D eigenvalue weighted by atomic mass is 10.3. The Kier molecular flexibility index (Phi) is 4.09. The summed E-state index contributed by atoms with van der Waals surface area (Å²) < 4.78 is 6.52. The van der Waals surface area contributed by atoms with Crippen LogP contribution < -0.4 is 10.1 Å². The number of hydrogen-bond acceptors (Lipinski definition) is 2. The summed E-state index contributed by atoms with van der Waals surface area (Å²) in [5.74, 6) is 0.910. The molecule has 0 heterocycles. The van der Waals surface area contributed by atoms with E-state index >= 15 is 0 Å². The fourth-order valence-electron chi connectivity index (χ4n) is 1.11. The van der Waals surface area contributed by atoms with Gasteiger partial charge in [0, 0.05) is 11.0 Å². The maximum Gasteiger partial charge on any atom is 0.142 e. The van der Waals surface area contributed by atoms with E-state index < -0.39 is 0 Å². The molecule has 0 fully saturated rings. The molecule has 1 aromatic carbocycles. The molecule has 0 aliphatic heterocycles. The first kappa shape index (κ1) is 10.4. The lowest BCUT2D eigenvalue weighted by molar-refractivity contribution is 0.341. The first-order chi connectivity index (χ1) is 6.27. The number of hydrogen-bond donors (Lipinski definition) is 1. The van der Waals surface area contributed by atoms with E-state index in [0.717, 1.165) is 22.5 Å². The number of ether oxygens (including phenoxy) is 1. The molecule has 72 valence electrons. The van der Waals surface area contributed by atoms with Crippen LogP contribution in [0.3, 0.4) is 0 Å². The van der Waals surface area contributed by atoms with Crippen LogP contribution in [-0.2, 0) is 0 Å². The van der Waals surface area contributed by atoms with E-state index in [1.54, 1.807) is 0 Å². The topological polar surface area (TPSA) is 21.3 Å². The van der Waals surface area contributed by atoms with Crippen LogP contribution >= 0.6 is 15.9 Å². The number of anilines is 1. The molecule has 1 rings (SSSR count). The zero-order valence-corrected chi connectivity index (χ0v) is 9.52. The van der Waals surface area contributed by atoms with Crippen LogP contribution in [0.4, 0.5) is 5.69 Å². The Labute approximate surface area is 87.4 Å². The smallest absolute Gasteiger partial charge is 0.142 e. The minimum Gasteiger partial charge on any atom is -0.492 e. The van der Waals surface area contributed by atoms with Gasteiger partial charge in [-0.15, -0.1) is 0 Å². The monoisotopic (exact) mass is 243 g/mol. The molecule has 1 N–H and O–H groups in total. The van der Waals surface area contributed by atoms with Gasteiger partial charge in [0.05, 0.1) is 12.3 Å². The van der Waals surface area contributed by atoms with E-state index in [2.05, 4.69) is 28.2 Å². The summed E-state index contributed by atoms with van der Waals surface area (Å²) in [6, 6.07) is 5.96. The van der Waals surface area contributed by atoms with Crippen molar-refractivity contribution in [3.63, 3.8) is 0 Å². The van der Waals surface area contributed by atoms with Gasteiger partial charge >= 0.3 is 0 Å². The first-order valence-electron chi connectivity index (χ1n) is 4.44. The van der Waals surface area contributed by atoms with Crippen LogP contribution in [0.15, 0.2) is 22.7 Å². The Morgan fingerprint density at radius 3 is 2.77 bits per heavy atom. The van der Waals surface area contributed by atoms with Gasteiger partial charge in [-0.25, -0.2) is 0 Å². The van der Waals surface area contributed by atoms with E-state index in [9.17, 15) is 0 Å². The summed E-state index contributed by atoms with van der Waals surface area (Å²) >= 11 is 3.42. The van der Waals surface area contributed by atoms with Crippen molar-refractivity contribution in [1.82, 2.24) is 0 Å². The molecule has 3 heteroatoms. The maximum absolute atomic E-state index is 5.46. The van der Waals surface area contributed by atoms with Gasteiger partial charge in [-0.1, -0.05) is 15.9 Å². The summed E-state index contributed by atoms with van der Waals surface area (Å²) in [5.41, 5.74) is 1.04. The SMILES string of the molecule is CCNc1cc(Br)ccc1OCC. The third kappa shape index (κ3) is 2.92. The second-order valence-corrected chi connectivity index (χ2v) is 3.52. The van der Waals surface area contributed by atoms with Crippen LogP contribution in [-0.4, -0.2) is 13.2 Å². The Balaban J connectivity index is 2.89. The van der Waals surface area contributed by atoms with Crippen molar-refractivity contribution in [2.24, 2.45) is 0 Å². The summed E-state index contributed by atoms with van der Waals surface area (Å²) in [6.07, 6.45) is 0. The molecule has 2 nitrogen and oxygen atoms in total. The van der Waals surface area contributed by atoms with Gasteiger partial charge in [0.15, 0.2) is 0 Å². The summed E-state index contributed by atoms with van der Waals surface area (Å²) in [5, 5.41) is 3.25. The van der Waals surface area contributed by atoms with Crippen LogP contribution in [0.2, 0.25) is 0 Å². The lowest BCUT2D eigenvalue weighted by Gasteiger charge is -2.11. The standard InChI is InChI=1S/C10H14BrNO/c1-3-12-9-7-8(11)5-6-10(9)13-4-2/h5-7,12H,3-4H2,1-2H3. The number of rotatable bonds is 4. The molecule has 0 spiro atoms. The predicted octanol–water partition coefficient (Wildman–Crippen LogP) is 3.28. The Morgan fingerprint density at radius 2 is 2.15 bits per heavy atom. The van der Waals surface area contributed by atoms with Crippen LogP contribution in [0.25, 0.3) is 0 Å². The third-order valence-corrected chi connectivity index (χ3v) is 2.10. The van der Waals surface area contributed by atoms with Crippen molar-refractivity contribution in [1.29, 1.82) is 0 Å². The second-order valence-electron chi connectivity index (χ2n) is 2.60. The van der Waals surface area contributed by atoms with Crippen molar-refractivity contribution in [2.45, 2.75) is 13.8 Å². The van der Waals surface area contributed by atoms with Gasteiger partial charge in [-0.3, -0.25) is 0 Å². The zero-order valence-electron chi connectivity index (χ0n) is 7.93. The van der Waals surface area contributed by atoms with Gasteiger partial charge in [-0.05, 0) is 32.0 Å². The molecular weight excluding hydrogens is 230 g/mol. The summed E-state index contributed by atoms with van der Waals surface area (Å²) in [4.78, 5) is 0. The van der Waals surface area contributed by atoms with E-state index in [4.69, 9.17) is 4.74 Å². The van der Waals surface area contributed by atoms with Crippen LogP contribution in [0.1, 0.15) is 13.8 Å². The minimum absolute atomic E-state index is 0.694. The van der Waals surface area contributed by atoms with Crippen molar-refractivity contribution in [2.75, 3.05) is 18.5 Å². The minimum atomic E-state index is 0.694. The van der Waals surface area contributed by atoms with Crippen molar-refractivity contribution >= 4 is 21.6 Å². The highest BCUT2D eigenvalue weighted by molar-refractivity contribution is 9.10. The molecule has 0 radical (unpaired) electrons. The van der Waals surface area contributed by atoms with Crippen molar-refractivity contribution in [3.05, 3.63) is 22.7 Å². The molecule has 0 bridgehead atoms. The molecule has 0 saturated heterocycles. The highest BCUT2D eigenvalue weighted by Gasteiger charge is 2.01. The maximum atomic E-state index is 5.46. The van der Waals surface area contributed by atoms with Gasteiger partial charge < -0.3 is 10.1 Å². The molecule has 13 heavy (non-hydrogen) atoms. The van der Waals surface area contributed by atoms with Crippen LogP contribution in [0.5, 0.6) is 5.75 Å². The molecule has 0 amide bonds. The lowest BCUT2D eigenvalue weighted by Crippen LogP contribution is -2.01. The molecule has 0 unspecified atom stereocenters. The van der Waals surface area contributed by atoms with E-state index in [0.29, 0.717) is 6.61 Å². The molecule has 0 atom stereocenters. The van der Waals surface area contributed by atoms with Crippen molar-refractivity contribution in [3.8, 4) is 5.75 Å². The molecule has 0 aliphatic carbocycles. The fraction of sp³-hybridized carbons (Fsp3) is 0.400. The Morgan fingerprint density at radius 1 is 1.38 bits per heavy atom. The molecular formula is C10H14BrNO. The highest BCUT2D eigenvalue weighted by Crippen LogP contribution is 2.27.